The molecule has 21 heavy (non-hydrogen) atoms. The van der Waals surface area contributed by atoms with Gasteiger partial charge in [-0.25, -0.2) is 0 Å². The van der Waals surface area contributed by atoms with Crippen LogP contribution in [0.15, 0.2) is 5.16 Å². The Labute approximate surface area is 128 Å². The molecule has 0 unspecified atom stereocenters. The molecule has 0 saturated heterocycles. The van der Waals surface area contributed by atoms with E-state index in [0.29, 0.717) is 30.8 Å². The summed E-state index contributed by atoms with van der Waals surface area (Å²) >= 11 is 0. The quantitative estimate of drug-likeness (QED) is 0.354. The molecule has 1 amide bonds. The van der Waals surface area contributed by atoms with Crippen LogP contribution in [0.1, 0.15) is 59.8 Å². The molecule has 0 bridgehead atoms. The molecule has 122 valence electrons. The number of amidine groups is 1. The number of carbonyl (C=O) groups is 1. The van der Waals surface area contributed by atoms with Crippen molar-refractivity contribution in [3.8, 4) is 0 Å². The van der Waals surface area contributed by atoms with Crippen molar-refractivity contribution in [2.75, 3.05) is 13.1 Å². The summed E-state index contributed by atoms with van der Waals surface area (Å²) in [6.45, 7) is 10.0. The second kappa shape index (κ2) is 7.66. The summed E-state index contributed by atoms with van der Waals surface area (Å²) in [6, 6.07) is 0. The lowest BCUT2D eigenvalue weighted by Crippen LogP contribution is -2.40. The van der Waals surface area contributed by atoms with Crippen molar-refractivity contribution >= 4 is 11.7 Å². The maximum atomic E-state index is 12.6. The van der Waals surface area contributed by atoms with E-state index in [-0.39, 0.29) is 17.7 Å². The van der Waals surface area contributed by atoms with Crippen LogP contribution in [0.5, 0.6) is 0 Å². The number of carbonyl (C=O) groups excluding carboxylic acids is 1. The maximum absolute atomic E-state index is 12.6. The molecule has 0 aliphatic heterocycles. The topological polar surface area (TPSA) is 78.9 Å². The van der Waals surface area contributed by atoms with E-state index >= 15 is 0 Å². The van der Waals surface area contributed by atoms with E-state index in [1.807, 2.05) is 11.8 Å². The number of nitrogens with two attached hydrogens (primary N) is 1. The summed E-state index contributed by atoms with van der Waals surface area (Å²) in [5.74, 6) is 1.28. The fourth-order valence-corrected chi connectivity index (χ4v) is 3.19. The lowest BCUT2D eigenvalue weighted by molar-refractivity contribution is -0.136. The summed E-state index contributed by atoms with van der Waals surface area (Å²) in [4.78, 5) is 14.4. The predicted octanol–water partition coefficient (Wildman–Crippen LogP) is 2.82. The van der Waals surface area contributed by atoms with Gasteiger partial charge in [0.1, 0.15) is 5.84 Å². The fraction of sp³-hybridized carbons (Fsp3) is 0.875. The van der Waals surface area contributed by atoms with Gasteiger partial charge in [-0.3, -0.25) is 4.79 Å². The first-order chi connectivity index (χ1) is 9.79. The van der Waals surface area contributed by atoms with E-state index in [1.165, 1.54) is 0 Å². The van der Waals surface area contributed by atoms with Crippen molar-refractivity contribution in [3.05, 3.63) is 0 Å². The Morgan fingerprint density at radius 1 is 1.29 bits per heavy atom. The normalized spacial score (nSPS) is 23.9. The second-order valence-electron chi connectivity index (χ2n) is 7.17. The molecule has 0 radical (unpaired) electrons. The molecule has 0 aromatic heterocycles. The summed E-state index contributed by atoms with van der Waals surface area (Å²) in [5.41, 5.74) is 5.82. The van der Waals surface area contributed by atoms with Crippen molar-refractivity contribution in [1.82, 2.24) is 4.90 Å². The van der Waals surface area contributed by atoms with Gasteiger partial charge in [0.05, 0.1) is 0 Å². The van der Waals surface area contributed by atoms with Gasteiger partial charge in [0.15, 0.2) is 0 Å². The molecule has 1 aliphatic rings. The van der Waals surface area contributed by atoms with E-state index < -0.39 is 0 Å². The van der Waals surface area contributed by atoms with Crippen LogP contribution in [0.3, 0.4) is 0 Å². The van der Waals surface area contributed by atoms with Gasteiger partial charge in [0, 0.05) is 25.4 Å². The van der Waals surface area contributed by atoms with Crippen molar-refractivity contribution in [1.29, 1.82) is 0 Å². The van der Waals surface area contributed by atoms with Crippen LogP contribution in [0, 0.1) is 17.3 Å². The van der Waals surface area contributed by atoms with E-state index in [2.05, 4.69) is 25.9 Å². The Kier molecular flexibility index (Phi) is 6.49. The number of rotatable bonds is 5. The van der Waals surface area contributed by atoms with Crippen molar-refractivity contribution in [2.24, 2.45) is 28.1 Å². The molecule has 5 heteroatoms. The smallest absolute Gasteiger partial charge is 0.225 e. The van der Waals surface area contributed by atoms with Crippen LogP contribution in [0.4, 0.5) is 0 Å². The number of amides is 1. The number of hydrogen-bond donors (Lipinski definition) is 2. The van der Waals surface area contributed by atoms with Crippen LogP contribution in [0.2, 0.25) is 0 Å². The molecule has 0 aromatic rings. The Bertz CT molecular complexity index is 366. The molecule has 5 nitrogen and oxygen atoms in total. The average molecular weight is 297 g/mol. The van der Waals surface area contributed by atoms with Crippen LogP contribution >= 0.6 is 0 Å². The van der Waals surface area contributed by atoms with E-state index in [9.17, 15) is 4.79 Å². The van der Waals surface area contributed by atoms with Gasteiger partial charge >= 0.3 is 0 Å². The zero-order chi connectivity index (χ0) is 16.0. The molecular formula is C16H31N3O2. The molecule has 3 N–H and O–H groups in total. The van der Waals surface area contributed by atoms with Gasteiger partial charge in [-0.05, 0) is 43.9 Å². The Morgan fingerprint density at radius 3 is 2.29 bits per heavy atom. The molecule has 1 aliphatic carbocycles. The molecule has 0 heterocycles. The summed E-state index contributed by atoms with van der Waals surface area (Å²) in [5, 5.41) is 11.5. The lowest BCUT2D eigenvalue weighted by atomic mass is 9.69. The van der Waals surface area contributed by atoms with Crippen LogP contribution in [0.25, 0.3) is 0 Å². The first kappa shape index (κ1) is 17.8. The first-order valence-corrected chi connectivity index (χ1v) is 8.04. The minimum Gasteiger partial charge on any atom is -0.409 e. The van der Waals surface area contributed by atoms with Gasteiger partial charge in [-0.1, -0.05) is 25.9 Å². The molecule has 1 saturated carbocycles. The highest BCUT2D eigenvalue weighted by Crippen LogP contribution is 2.40. The standard InChI is InChI=1S/C16H31N3O2/c1-5-19(11-10-14(17)18-21)15(20)12-6-8-13(9-7-12)16(2,3)4/h12-13,21H,5-11H2,1-4H3,(H2,17,18). The third kappa shape index (κ3) is 5.21. The van der Waals surface area contributed by atoms with Gasteiger partial charge < -0.3 is 15.8 Å². The van der Waals surface area contributed by atoms with Gasteiger partial charge in [-0.2, -0.15) is 0 Å². The Hall–Kier alpha value is -1.26. The number of oxime groups is 1. The van der Waals surface area contributed by atoms with Crippen molar-refractivity contribution in [2.45, 2.75) is 59.8 Å². The highest BCUT2D eigenvalue weighted by molar-refractivity contribution is 5.82. The summed E-state index contributed by atoms with van der Waals surface area (Å²) in [7, 11) is 0. The fourth-order valence-electron chi connectivity index (χ4n) is 3.19. The second-order valence-corrected chi connectivity index (χ2v) is 7.17. The van der Waals surface area contributed by atoms with Gasteiger partial charge in [0.2, 0.25) is 5.91 Å². The zero-order valence-corrected chi connectivity index (χ0v) is 13.9. The third-order valence-corrected chi connectivity index (χ3v) is 4.76. The lowest BCUT2D eigenvalue weighted by Gasteiger charge is -2.37. The molecule has 0 spiro atoms. The molecule has 0 aromatic carbocycles. The first-order valence-electron chi connectivity index (χ1n) is 8.04. The molecular weight excluding hydrogens is 266 g/mol. The SMILES string of the molecule is CCN(CCC(N)=NO)C(=O)C1CCC(C(C)(C)C)CC1. The van der Waals surface area contributed by atoms with Crippen molar-refractivity contribution in [3.63, 3.8) is 0 Å². The highest BCUT2D eigenvalue weighted by atomic mass is 16.4. The Morgan fingerprint density at radius 2 is 1.86 bits per heavy atom. The Balaban J connectivity index is 2.51. The van der Waals surface area contributed by atoms with E-state index in [4.69, 9.17) is 10.9 Å². The van der Waals surface area contributed by atoms with Gasteiger partial charge in [-0.15, -0.1) is 0 Å². The van der Waals surface area contributed by atoms with Crippen LogP contribution < -0.4 is 5.73 Å². The van der Waals surface area contributed by atoms with Crippen molar-refractivity contribution < 1.29 is 10.0 Å². The maximum Gasteiger partial charge on any atom is 0.225 e. The highest BCUT2D eigenvalue weighted by Gasteiger charge is 2.33. The predicted molar refractivity (Wildman–Crippen MR) is 85.2 cm³/mol. The van der Waals surface area contributed by atoms with E-state index in [0.717, 1.165) is 25.7 Å². The minimum atomic E-state index is 0.149. The average Bonchev–Trinajstić information content (AvgIpc) is 2.46. The van der Waals surface area contributed by atoms with Gasteiger partial charge in [0.25, 0.3) is 0 Å². The van der Waals surface area contributed by atoms with Crippen LogP contribution in [-0.4, -0.2) is 34.9 Å². The molecule has 1 rings (SSSR count). The monoisotopic (exact) mass is 297 g/mol. The zero-order valence-electron chi connectivity index (χ0n) is 13.9. The third-order valence-electron chi connectivity index (χ3n) is 4.76. The molecule has 0 atom stereocenters. The number of hydrogen-bond acceptors (Lipinski definition) is 3. The number of nitrogens with zero attached hydrogens (tertiary/aromatic N) is 2. The largest absolute Gasteiger partial charge is 0.409 e. The van der Waals surface area contributed by atoms with E-state index in [1.54, 1.807) is 0 Å². The summed E-state index contributed by atoms with van der Waals surface area (Å²) < 4.78 is 0. The minimum absolute atomic E-state index is 0.149. The molecule has 1 fully saturated rings. The van der Waals surface area contributed by atoms with Crippen LogP contribution in [-0.2, 0) is 4.79 Å². The summed E-state index contributed by atoms with van der Waals surface area (Å²) in [6.07, 6.45) is 4.67.